The summed E-state index contributed by atoms with van der Waals surface area (Å²) < 4.78 is 59.2. The lowest BCUT2D eigenvalue weighted by molar-refractivity contribution is -0.262. The van der Waals surface area contributed by atoms with E-state index in [9.17, 15) is 9.46 Å². The van der Waals surface area contributed by atoms with Gasteiger partial charge in [0.25, 0.3) is 5.85 Å². The number of anilines is 1. The number of nitrogens with two attached hydrogens (primary N) is 1. The van der Waals surface area contributed by atoms with Crippen LogP contribution in [0.5, 0.6) is 0 Å². The minimum atomic E-state index is -4.28. The average molecular weight is 474 g/mol. The number of morpholine rings is 1. The number of hydrogen-bond donors (Lipinski definition) is 2. The summed E-state index contributed by atoms with van der Waals surface area (Å²) in [7, 11) is -4.28. The Morgan fingerprint density at radius 2 is 2.03 bits per heavy atom. The molecule has 3 aliphatic rings. The second-order valence-electron chi connectivity index (χ2n) is 8.23. The lowest BCUT2D eigenvalue weighted by Crippen LogP contribution is -2.44. The van der Waals surface area contributed by atoms with E-state index in [1.165, 1.54) is 21.9 Å². The van der Waals surface area contributed by atoms with Crippen molar-refractivity contribution in [2.45, 2.75) is 43.9 Å². The number of rotatable bonds is 5. The number of imidazole rings is 1. The molecule has 5 heterocycles. The number of fused-ring (bicyclic) bond motifs is 2. The number of nitrogens with zero attached hydrogens (tertiary/aromatic N) is 5. The summed E-state index contributed by atoms with van der Waals surface area (Å²) in [5.74, 6) is -3.54. The number of nitrogen functional groups attached to an aromatic ring is 1. The molecule has 176 valence electrons. The molecule has 0 spiro atoms. The van der Waals surface area contributed by atoms with Crippen LogP contribution >= 0.6 is 7.75 Å². The van der Waals surface area contributed by atoms with E-state index >= 15 is 4.39 Å². The van der Waals surface area contributed by atoms with Crippen LogP contribution in [0.3, 0.4) is 0 Å². The topological polar surface area (TPSA) is 156 Å². The van der Waals surface area contributed by atoms with Crippen LogP contribution in [0.4, 0.5) is 10.2 Å². The van der Waals surface area contributed by atoms with Crippen LogP contribution in [0.2, 0.25) is 0 Å². The molecule has 3 N–H and O–H groups in total. The first kappa shape index (κ1) is 22.0. The molecule has 2 aromatic heterocycles. The molecule has 0 radical (unpaired) electrons. The minimum absolute atomic E-state index is 0.161. The van der Waals surface area contributed by atoms with Crippen LogP contribution < -0.4 is 5.73 Å². The van der Waals surface area contributed by atoms with Crippen molar-refractivity contribution < 1.29 is 37.3 Å². The highest BCUT2D eigenvalue weighted by Gasteiger charge is 2.65. The summed E-state index contributed by atoms with van der Waals surface area (Å²) in [4.78, 5) is 22.6. The molecule has 0 aliphatic carbocycles. The van der Waals surface area contributed by atoms with Crippen LogP contribution in [0.15, 0.2) is 12.7 Å². The van der Waals surface area contributed by atoms with E-state index in [2.05, 4.69) is 15.0 Å². The van der Waals surface area contributed by atoms with Gasteiger partial charge in [0.15, 0.2) is 29.6 Å². The van der Waals surface area contributed by atoms with E-state index in [4.69, 9.17) is 29.2 Å². The van der Waals surface area contributed by atoms with Gasteiger partial charge >= 0.3 is 7.75 Å². The summed E-state index contributed by atoms with van der Waals surface area (Å²) in [6, 6.07) is 0. The van der Waals surface area contributed by atoms with Gasteiger partial charge in [-0.15, -0.1) is 0 Å². The van der Waals surface area contributed by atoms with Gasteiger partial charge in [-0.25, -0.2) is 28.6 Å². The average Bonchev–Trinajstić information content (AvgIpc) is 3.39. The third-order valence-electron chi connectivity index (χ3n) is 5.59. The van der Waals surface area contributed by atoms with Crippen LogP contribution in [0, 0.1) is 0 Å². The maximum Gasteiger partial charge on any atom is 0.405 e. The SMILES string of the molecule is CC1(C)OC2[C@H](O1)[C@H](n1cnc3c(N)ncnc31)O[C@]2(F)COP(=O)(O)N1CCOCC1. The summed E-state index contributed by atoms with van der Waals surface area (Å²) in [6.07, 6.45) is -0.536. The Kier molecular flexibility index (Phi) is 5.26. The first-order valence-electron chi connectivity index (χ1n) is 10.1. The van der Waals surface area contributed by atoms with Crippen LogP contribution in [0.1, 0.15) is 20.1 Å². The molecule has 5 atom stereocenters. The van der Waals surface area contributed by atoms with Gasteiger partial charge in [-0.2, -0.15) is 0 Å². The zero-order chi connectivity index (χ0) is 22.7. The first-order valence-corrected chi connectivity index (χ1v) is 11.6. The molecule has 3 fully saturated rings. The summed E-state index contributed by atoms with van der Waals surface area (Å²) in [5.41, 5.74) is 6.49. The predicted molar refractivity (Wildman–Crippen MR) is 106 cm³/mol. The van der Waals surface area contributed by atoms with Crippen molar-refractivity contribution in [2.75, 3.05) is 38.6 Å². The smallest absolute Gasteiger partial charge is 0.382 e. The zero-order valence-electron chi connectivity index (χ0n) is 17.5. The Labute approximate surface area is 182 Å². The highest BCUT2D eigenvalue weighted by Crippen LogP contribution is 2.53. The number of hydrogen-bond acceptors (Lipinski definition) is 10. The monoisotopic (exact) mass is 474 g/mol. The van der Waals surface area contributed by atoms with Crippen molar-refractivity contribution in [1.29, 1.82) is 0 Å². The lowest BCUT2D eigenvalue weighted by Gasteiger charge is -2.32. The molecule has 5 rings (SSSR count). The molecule has 3 aliphatic heterocycles. The van der Waals surface area contributed by atoms with Gasteiger partial charge in [0.1, 0.15) is 24.6 Å². The first-order chi connectivity index (χ1) is 15.1. The molecular formula is C17H24FN6O7P. The van der Waals surface area contributed by atoms with E-state index in [0.717, 1.165) is 0 Å². The Morgan fingerprint density at radius 3 is 2.78 bits per heavy atom. The van der Waals surface area contributed by atoms with Crippen molar-refractivity contribution in [3.05, 3.63) is 12.7 Å². The van der Waals surface area contributed by atoms with E-state index in [1.807, 2.05) is 0 Å². The molecule has 3 saturated heterocycles. The van der Waals surface area contributed by atoms with Gasteiger partial charge in [0.2, 0.25) is 0 Å². The number of alkyl halides is 1. The van der Waals surface area contributed by atoms with Crippen LogP contribution in [0.25, 0.3) is 11.2 Å². The van der Waals surface area contributed by atoms with Gasteiger partial charge in [-0.3, -0.25) is 9.09 Å². The van der Waals surface area contributed by atoms with Crippen LogP contribution in [-0.2, 0) is 28.0 Å². The van der Waals surface area contributed by atoms with Crippen molar-refractivity contribution in [1.82, 2.24) is 24.2 Å². The summed E-state index contributed by atoms with van der Waals surface area (Å²) in [6.45, 7) is 3.37. The molecule has 0 saturated carbocycles. The molecular weight excluding hydrogens is 450 g/mol. The molecule has 0 bridgehead atoms. The van der Waals surface area contributed by atoms with E-state index in [0.29, 0.717) is 11.2 Å². The highest BCUT2D eigenvalue weighted by molar-refractivity contribution is 7.50. The second kappa shape index (κ2) is 7.64. The van der Waals surface area contributed by atoms with Gasteiger partial charge in [0.05, 0.1) is 19.5 Å². The molecule has 32 heavy (non-hydrogen) atoms. The number of aromatic nitrogens is 4. The van der Waals surface area contributed by atoms with Gasteiger partial charge < -0.3 is 29.6 Å². The normalized spacial score (nSPS) is 34.6. The van der Waals surface area contributed by atoms with E-state index in [1.54, 1.807) is 13.8 Å². The summed E-state index contributed by atoms with van der Waals surface area (Å²) in [5, 5.41) is 0. The van der Waals surface area contributed by atoms with E-state index < -0.39 is 44.4 Å². The van der Waals surface area contributed by atoms with E-state index in [-0.39, 0.29) is 32.1 Å². The van der Waals surface area contributed by atoms with Gasteiger partial charge in [-0.1, -0.05) is 0 Å². The van der Waals surface area contributed by atoms with Gasteiger partial charge in [-0.05, 0) is 13.8 Å². The predicted octanol–water partition coefficient (Wildman–Crippen LogP) is 0.572. The number of halogens is 1. The third-order valence-corrected chi connectivity index (χ3v) is 7.17. The fourth-order valence-electron chi connectivity index (χ4n) is 4.11. The Bertz CT molecular complexity index is 1070. The maximum atomic E-state index is 16.1. The minimum Gasteiger partial charge on any atom is -0.382 e. The lowest BCUT2D eigenvalue weighted by atomic mass is 10.1. The molecule has 0 aromatic carbocycles. The number of ether oxygens (including phenoxy) is 4. The van der Waals surface area contributed by atoms with Crippen molar-refractivity contribution in [2.24, 2.45) is 0 Å². The quantitative estimate of drug-likeness (QED) is 0.582. The zero-order valence-corrected chi connectivity index (χ0v) is 18.4. The largest absolute Gasteiger partial charge is 0.405 e. The summed E-state index contributed by atoms with van der Waals surface area (Å²) >= 11 is 0. The maximum absolute atomic E-state index is 16.1. The van der Waals surface area contributed by atoms with Crippen molar-refractivity contribution in [3.8, 4) is 0 Å². The van der Waals surface area contributed by atoms with Crippen LogP contribution in [-0.4, -0.2) is 85.8 Å². The van der Waals surface area contributed by atoms with Gasteiger partial charge in [0, 0.05) is 13.1 Å². The molecule has 2 unspecified atom stereocenters. The fourth-order valence-corrected chi connectivity index (χ4v) is 5.29. The molecule has 2 aromatic rings. The fraction of sp³-hybridized carbons (Fsp3) is 0.706. The third kappa shape index (κ3) is 3.70. The molecule has 0 amide bonds. The van der Waals surface area contributed by atoms with Crippen molar-refractivity contribution >= 4 is 24.7 Å². The van der Waals surface area contributed by atoms with Crippen molar-refractivity contribution in [3.63, 3.8) is 0 Å². The Hall–Kier alpha value is -1.77. The Morgan fingerprint density at radius 1 is 1.28 bits per heavy atom. The second-order valence-corrected chi connectivity index (χ2v) is 10.0. The highest BCUT2D eigenvalue weighted by atomic mass is 31.2. The molecule has 15 heteroatoms. The standard InChI is InChI=1S/C17H24FN6O7P/c1-16(2)29-11-12(30-16)17(18,7-28-32(25,26)23-3-5-27-6-4-23)31-15(11)24-9-22-10-13(19)20-8-21-14(10)24/h8-9,11-12,15H,3-7H2,1-2H3,(H,25,26)(H2,19,20,21)/t11-,12?,15+,17+/m0/s1. The Balaban J connectivity index is 1.43. The molecule has 13 nitrogen and oxygen atoms in total.